The standard InChI is InChI=1S/C25H35N3O.C2H6N2/c1-7-8-18-11-16(2)27-22-13-23(29)20(12-19(18)22)21(26)10-9-17-14-24(3,4)28-25(5,6)15-17;1-4-2-3/h9-13,17,26,28-29H,7-8,14-15H2,1-6H3;2H,1H3,(H2,3,4)/b10-9-,26-21?;. The van der Waals surface area contributed by atoms with E-state index in [9.17, 15) is 5.11 Å². The highest BCUT2D eigenvalue weighted by Gasteiger charge is 2.36. The first-order chi connectivity index (χ1) is 15.4. The van der Waals surface area contributed by atoms with Gasteiger partial charge in [-0.2, -0.15) is 0 Å². The fourth-order valence-corrected chi connectivity index (χ4v) is 5.03. The molecule has 0 unspecified atom stereocenters. The van der Waals surface area contributed by atoms with Gasteiger partial charge in [0.2, 0.25) is 0 Å². The molecule has 0 bridgehead atoms. The van der Waals surface area contributed by atoms with E-state index >= 15 is 0 Å². The summed E-state index contributed by atoms with van der Waals surface area (Å²) in [6.07, 6.45) is 9.35. The normalized spacial score (nSPS) is 17.9. The predicted octanol–water partition coefficient (Wildman–Crippen LogP) is 5.29. The number of aromatic hydroxyl groups is 1. The van der Waals surface area contributed by atoms with Crippen molar-refractivity contribution in [1.29, 1.82) is 5.41 Å². The van der Waals surface area contributed by atoms with Gasteiger partial charge in [0.1, 0.15) is 5.75 Å². The molecule has 0 radical (unpaired) electrons. The number of hydrogen-bond donors (Lipinski definition) is 4. The molecule has 0 amide bonds. The van der Waals surface area contributed by atoms with E-state index < -0.39 is 0 Å². The number of allylic oxidation sites excluding steroid dienone is 2. The van der Waals surface area contributed by atoms with Gasteiger partial charge in [0.15, 0.2) is 0 Å². The largest absolute Gasteiger partial charge is 0.507 e. The molecule has 2 aromatic rings. The topological polar surface area (TPSA) is 107 Å². The van der Waals surface area contributed by atoms with E-state index in [2.05, 4.69) is 62.1 Å². The maximum absolute atomic E-state index is 10.6. The van der Waals surface area contributed by atoms with E-state index in [4.69, 9.17) is 11.1 Å². The van der Waals surface area contributed by atoms with Crippen molar-refractivity contribution < 1.29 is 5.11 Å². The van der Waals surface area contributed by atoms with Crippen molar-refractivity contribution in [2.24, 2.45) is 16.6 Å². The quantitative estimate of drug-likeness (QED) is 0.366. The number of aliphatic imine (C=N–C) groups is 1. The van der Waals surface area contributed by atoms with E-state index in [0.717, 1.165) is 42.3 Å². The van der Waals surface area contributed by atoms with Crippen molar-refractivity contribution in [3.05, 3.63) is 47.2 Å². The van der Waals surface area contributed by atoms with Crippen molar-refractivity contribution in [3.63, 3.8) is 0 Å². The van der Waals surface area contributed by atoms with E-state index in [1.807, 2.05) is 19.1 Å². The summed E-state index contributed by atoms with van der Waals surface area (Å²) >= 11 is 0. The lowest BCUT2D eigenvalue weighted by molar-refractivity contribution is 0.150. The van der Waals surface area contributed by atoms with Gasteiger partial charge < -0.3 is 21.6 Å². The first kappa shape index (κ1) is 26.5. The monoisotopic (exact) mass is 451 g/mol. The van der Waals surface area contributed by atoms with E-state index in [-0.39, 0.29) is 16.8 Å². The van der Waals surface area contributed by atoms with Crippen molar-refractivity contribution in [2.75, 3.05) is 7.05 Å². The van der Waals surface area contributed by atoms with Gasteiger partial charge in [-0.25, -0.2) is 0 Å². The minimum absolute atomic E-state index is 0.0720. The average Bonchev–Trinajstić information content (AvgIpc) is 2.69. The highest BCUT2D eigenvalue weighted by molar-refractivity contribution is 6.10. The summed E-state index contributed by atoms with van der Waals surface area (Å²) in [5.74, 6) is 0.530. The van der Waals surface area contributed by atoms with Crippen molar-refractivity contribution in [1.82, 2.24) is 10.3 Å². The Morgan fingerprint density at radius 3 is 2.39 bits per heavy atom. The first-order valence-electron chi connectivity index (χ1n) is 11.7. The van der Waals surface area contributed by atoms with E-state index in [0.29, 0.717) is 17.2 Å². The summed E-state index contributed by atoms with van der Waals surface area (Å²) in [6.45, 7) is 13.1. The molecule has 3 rings (SSSR count). The Labute approximate surface area is 198 Å². The third-order valence-corrected chi connectivity index (χ3v) is 5.86. The lowest BCUT2D eigenvalue weighted by Crippen LogP contribution is -2.57. The molecule has 0 spiro atoms. The van der Waals surface area contributed by atoms with Gasteiger partial charge in [-0.3, -0.25) is 9.98 Å². The summed E-state index contributed by atoms with van der Waals surface area (Å²) in [7, 11) is 1.62. The smallest absolute Gasteiger partial charge is 0.127 e. The minimum Gasteiger partial charge on any atom is -0.507 e. The summed E-state index contributed by atoms with van der Waals surface area (Å²) < 4.78 is 0. The highest BCUT2D eigenvalue weighted by Crippen LogP contribution is 2.34. The fourth-order valence-electron chi connectivity index (χ4n) is 5.03. The zero-order valence-electron chi connectivity index (χ0n) is 21.3. The SMILES string of the molecule is CCCc1cc(C)nc2cc(O)c(C(=N)/C=C\C3CC(C)(C)NC(C)(C)C3)cc12.CN=CN. The van der Waals surface area contributed by atoms with Gasteiger partial charge in [0, 0.05) is 40.8 Å². The fraction of sp³-hybridized carbons (Fsp3) is 0.519. The number of rotatable bonds is 5. The number of phenolic OH excluding ortho intramolecular Hbond substituents is 1. The second kappa shape index (κ2) is 10.9. The number of hydrogen-bond acceptors (Lipinski definition) is 5. The maximum Gasteiger partial charge on any atom is 0.127 e. The van der Waals surface area contributed by atoms with Crippen LogP contribution in [0.3, 0.4) is 0 Å². The Hall–Kier alpha value is -2.73. The number of pyridine rings is 1. The Morgan fingerprint density at radius 1 is 1.24 bits per heavy atom. The molecule has 180 valence electrons. The third-order valence-electron chi connectivity index (χ3n) is 5.86. The van der Waals surface area contributed by atoms with Gasteiger partial charge in [-0.05, 0) is 83.6 Å². The number of piperidine rings is 1. The highest BCUT2D eigenvalue weighted by atomic mass is 16.3. The zero-order valence-corrected chi connectivity index (χ0v) is 21.3. The van der Waals surface area contributed by atoms with Crippen LogP contribution in [0.2, 0.25) is 0 Å². The number of phenols is 1. The zero-order chi connectivity index (χ0) is 24.8. The van der Waals surface area contributed by atoms with Gasteiger partial charge >= 0.3 is 0 Å². The maximum atomic E-state index is 10.6. The molecule has 0 saturated carbocycles. The van der Waals surface area contributed by atoms with Gasteiger partial charge in [0.25, 0.3) is 0 Å². The molecule has 0 aliphatic carbocycles. The number of nitrogens with two attached hydrogens (primary N) is 1. The van der Waals surface area contributed by atoms with Crippen LogP contribution in [0, 0.1) is 18.3 Å². The molecule has 6 nitrogen and oxygen atoms in total. The number of benzene rings is 1. The number of aryl methyl sites for hydroxylation is 2. The predicted molar refractivity (Wildman–Crippen MR) is 141 cm³/mol. The Kier molecular flexibility index (Phi) is 8.78. The van der Waals surface area contributed by atoms with Crippen LogP contribution in [0.15, 0.2) is 35.3 Å². The van der Waals surface area contributed by atoms with Crippen molar-refractivity contribution >= 4 is 23.0 Å². The molecule has 1 aromatic carbocycles. The van der Waals surface area contributed by atoms with Crippen LogP contribution in [0.25, 0.3) is 10.9 Å². The molecule has 1 aliphatic rings. The number of fused-ring (bicyclic) bond motifs is 1. The molecule has 5 N–H and O–H groups in total. The number of nitrogens with zero attached hydrogens (tertiary/aromatic N) is 2. The van der Waals surface area contributed by atoms with E-state index in [1.165, 1.54) is 11.9 Å². The Bertz CT molecular complexity index is 1020. The van der Waals surface area contributed by atoms with Crippen LogP contribution >= 0.6 is 0 Å². The third kappa shape index (κ3) is 7.39. The van der Waals surface area contributed by atoms with Crippen molar-refractivity contribution in [2.45, 2.75) is 78.3 Å². The lowest BCUT2D eigenvalue weighted by atomic mass is 9.76. The Morgan fingerprint density at radius 2 is 1.85 bits per heavy atom. The molecular weight excluding hydrogens is 410 g/mol. The Balaban J connectivity index is 0.000000890. The van der Waals surface area contributed by atoms with E-state index in [1.54, 1.807) is 13.1 Å². The van der Waals surface area contributed by atoms with Crippen LogP contribution in [-0.2, 0) is 6.42 Å². The second-order valence-electron chi connectivity index (χ2n) is 10.3. The van der Waals surface area contributed by atoms with Crippen LogP contribution in [0.4, 0.5) is 0 Å². The molecule has 1 saturated heterocycles. The van der Waals surface area contributed by atoms with Gasteiger partial charge in [-0.15, -0.1) is 0 Å². The molecule has 0 atom stereocenters. The number of nitrogens with one attached hydrogen (secondary N) is 2. The summed E-state index contributed by atoms with van der Waals surface area (Å²) in [5, 5.41) is 23.9. The average molecular weight is 452 g/mol. The van der Waals surface area contributed by atoms with Crippen LogP contribution < -0.4 is 11.1 Å². The summed E-state index contributed by atoms with van der Waals surface area (Å²) in [4.78, 5) is 7.96. The summed E-state index contributed by atoms with van der Waals surface area (Å²) in [5.41, 5.74) is 8.79. The molecular formula is C27H41N5O. The molecule has 1 aromatic heterocycles. The molecule has 1 fully saturated rings. The van der Waals surface area contributed by atoms with Crippen LogP contribution in [-0.4, -0.2) is 40.3 Å². The molecule has 2 heterocycles. The number of aromatic nitrogens is 1. The van der Waals surface area contributed by atoms with Gasteiger partial charge in [-0.1, -0.05) is 19.4 Å². The first-order valence-corrected chi connectivity index (χ1v) is 11.7. The second-order valence-corrected chi connectivity index (χ2v) is 10.3. The summed E-state index contributed by atoms with van der Waals surface area (Å²) in [6, 6.07) is 5.76. The molecule has 33 heavy (non-hydrogen) atoms. The van der Waals surface area contributed by atoms with Crippen LogP contribution in [0.5, 0.6) is 5.75 Å². The van der Waals surface area contributed by atoms with Gasteiger partial charge in [0.05, 0.1) is 17.6 Å². The lowest BCUT2D eigenvalue weighted by Gasteiger charge is -2.45. The minimum atomic E-state index is 0.0720. The molecule has 1 aliphatic heterocycles. The van der Waals surface area contributed by atoms with Crippen LogP contribution in [0.1, 0.15) is 70.7 Å². The molecule has 6 heteroatoms. The van der Waals surface area contributed by atoms with Crippen molar-refractivity contribution in [3.8, 4) is 5.75 Å².